The predicted molar refractivity (Wildman–Crippen MR) is 61.2 cm³/mol. The van der Waals surface area contributed by atoms with Crippen molar-refractivity contribution in [2.75, 3.05) is 19.0 Å². The molecule has 0 spiro atoms. The number of aromatic carboxylic acids is 1. The SMILES string of the molecule is Cc1nc(C(=O)O)c2c(N(C)C)cccn12. The number of carbonyl (C=O) groups is 1. The van der Waals surface area contributed by atoms with Crippen molar-refractivity contribution >= 4 is 17.2 Å². The van der Waals surface area contributed by atoms with E-state index in [2.05, 4.69) is 4.98 Å². The molecule has 2 aromatic rings. The van der Waals surface area contributed by atoms with E-state index in [1.165, 1.54) is 0 Å². The highest BCUT2D eigenvalue weighted by Crippen LogP contribution is 2.24. The molecule has 2 heterocycles. The van der Waals surface area contributed by atoms with Crippen molar-refractivity contribution in [2.24, 2.45) is 0 Å². The lowest BCUT2D eigenvalue weighted by atomic mass is 10.2. The summed E-state index contributed by atoms with van der Waals surface area (Å²) >= 11 is 0. The maximum Gasteiger partial charge on any atom is 0.356 e. The highest BCUT2D eigenvalue weighted by atomic mass is 16.4. The van der Waals surface area contributed by atoms with Crippen LogP contribution in [-0.2, 0) is 0 Å². The quantitative estimate of drug-likeness (QED) is 0.829. The Morgan fingerprint density at radius 1 is 1.50 bits per heavy atom. The molecule has 0 radical (unpaired) electrons. The number of anilines is 1. The number of rotatable bonds is 2. The third kappa shape index (κ3) is 1.41. The minimum Gasteiger partial charge on any atom is -0.476 e. The molecule has 1 N–H and O–H groups in total. The van der Waals surface area contributed by atoms with E-state index in [1.807, 2.05) is 37.3 Å². The van der Waals surface area contributed by atoms with E-state index in [0.717, 1.165) is 5.69 Å². The Hall–Kier alpha value is -2.04. The van der Waals surface area contributed by atoms with Crippen molar-refractivity contribution in [3.8, 4) is 0 Å². The first-order valence-electron chi connectivity index (χ1n) is 4.90. The number of aryl methyl sites for hydroxylation is 1. The van der Waals surface area contributed by atoms with E-state index in [9.17, 15) is 4.79 Å². The van der Waals surface area contributed by atoms with Gasteiger partial charge in [-0.05, 0) is 19.1 Å². The van der Waals surface area contributed by atoms with E-state index in [-0.39, 0.29) is 5.69 Å². The molecule has 0 aromatic carbocycles. The van der Waals surface area contributed by atoms with Crippen LogP contribution in [0.2, 0.25) is 0 Å². The van der Waals surface area contributed by atoms with Crippen molar-refractivity contribution in [3.05, 3.63) is 29.8 Å². The van der Waals surface area contributed by atoms with Gasteiger partial charge in [-0.3, -0.25) is 0 Å². The lowest BCUT2D eigenvalue weighted by Gasteiger charge is -2.14. The summed E-state index contributed by atoms with van der Waals surface area (Å²) in [5.41, 5.74) is 1.58. The minimum atomic E-state index is -1.00. The molecule has 0 aliphatic carbocycles. The molecule has 5 heteroatoms. The Kier molecular flexibility index (Phi) is 2.30. The molecule has 16 heavy (non-hydrogen) atoms. The highest BCUT2D eigenvalue weighted by molar-refractivity contribution is 5.98. The molecule has 0 fully saturated rings. The molecule has 84 valence electrons. The van der Waals surface area contributed by atoms with E-state index in [0.29, 0.717) is 11.3 Å². The third-order valence-electron chi connectivity index (χ3n) is 2.50. The van der Waals surface area contributed by atoms with Crippen LogP contribution in [-0.4, -0.2) is 34.6 Å². The van der Waals surface area contributed by atoms with Crippen LogP contribution >= 0.6 is 0 Å². The molecule has 0 unspecified atom stereocenters. The van der Waals surface area contributed by atoms with E-state index in [4.69, 9.17) is 5.11 Å². The average Bonchev–Trinajstić information content (AvgIpc) is 2.56. The highest BCUT2D eigenvalue weighted by Gasteiger charge is 2.18. The first-order chi connectivity index (χ1) is 7.52. The fourth-order valence-corrected chi connectivity index (χ4v) is 1.78. The van der Waals surface area contributed by atoms with Crippen LogP contribution in [0.15, 0.2) is 18.3 Å². The summed E-state index contributed by atoms with van der Waals surface area (Å²) in [6.07, 6.45) is 1.82. The monoisotopic (exact) mass is 219 g/mol. The van der Waals surface area contributed by atoms with Crippen molar-refractivity contribution < 1.29 is 9.90 Å². The van der Waals surface area contributed by atoms with Gasteiger partial charge in [0.15, 0.2) is 5.69 Å². The zero-order chi connectivity index (χ0) is 11.9. The van der Waals surface area contributed by atoms with Gasteiger partial charge in [0.1, 0.15) is 11.3 Å². The van der Waals surface area contributed by atoms with Gasteiger partial charge >= 0.3 is 5.97 Å². The molecule has 0 saturated carbocycles. The Balaban J connectivity index is 2.88. The third-order valence-corrected chi connectivity index (χ3v) is 2.50. The molecule has 0 saturated heterocycles. The van der Waals surface area contributed by atoms with Gasteiger partial charge in [-0.25, -0.2) is 9.78 Å². The number of pyridine rings is 1. The summed E-state index contributed by atoms with van der Waals surface area (Å²) in [6.45, 7) is 1.79. The van der Waals surface area contributed by atoms with Crippen LogP contribution in [0, 0.1) is 6.92 Å². The van der Waals surface area contributed by atoms with E-state index in [1.54, 1.807) is 11.3 Å². The van der Waals surface area contributed by atoms with Crippen LogP contribution in [0.5, 0.6) is 0 Å². The Morgan fingerprint density at radius 2 is 2.19 bits per heavy atom. The number of aromatic nitrogens is 2. The summed E-state index contributed by atoms with van der Waals surface area (Å²) < 4.78 is 1.79. The summed E-state index contributed by atoms with van der Waals surface area (Å²) in [4.78, 5) is 17.1. The maximum atomic E-state index is 11.1. The fourth-order valence-electron chi connectivity index (χ4n) is 1.78. The zero-order valence-corrected chi connectivity index (χ0v) is 9.43. The molecular formula is C11H13N3O2. The first kappa shape index (κ1) is 10.5. The summed E-state index contributed by atoms with van der Waals surface area (Å²) in [6, 6.07) is 3.76. The molecule has 0 amide bonds. The lowest BCUT2D eigenvalue weighted by Crippen LogP contribution is -2.11. The van der Waals surface area contributed by atoms with Gasteiger partial charge in [-0.2, -0.15) is 0 Å². The van der Waals surface area contributed by atoms with Gasteiger partial charge in [0.25, 0.3) is 0 Å². The number of imidazole rings is 1. The smallest absolute Gasteiger partial charge is 0.356 e. The molecule has 0 aliphatic heterocycles. The largest absolute Gasteiger partial charge is 0.476 e. The predicted octanol–water partition coefficient (Wildman–Crippen LogP) is 1.41. The molecular weight excluding hydrogens is 206 g/mol. The summed E-state index contributed by atoms with van der Waals surface area (Å²) in [5.74, 6) is -0.323. The standard InChI is InChI=1S/C11H13N3O2/c1-7-12-9(11(15)16)10-8(13(2)3)5-4-6-14(7)10/h4-6H,1-3H3,(H,15,16). The average molecular weight is 219 g/mol. The fraction of sp³-hybridized carbons (Fsp3) is 0.273. The van der Waals surface area contributed by atoms with E-state index >= 15 is 0 Å². The van der Waals surface area contributed by atoms with Crippen LogP contribution in [0.25, 0.3) is 5.52 Å². The Bertz CT molecular complexity index is 558. The molecule has 0 atom stereocenters. The molecule has 5 nitrogen and oxygen atoms in total. The van der Waals surface area contributed by atoms with Gasteiger partial charge in [0.2, 0.25) is 0 Å². The Labute approximate surface area is 92.9 Å². The first-order valence-corrected chi connectivity index (χ1v) is 4.90. The number of fused-ring (bicyclic) bond motifs is 1. The van der Waals surface area contributed by atoms with Crippen molar-refractivity contribution in [1.29, 1.82) is 0 Å². The van der Waals surface area contributed by atoms with Crippen molar-refractivity contribution in [1.82, 2.24) is 9.38 Å². The van der Waals surface area contributed by atoms with Gasteiger partial charge in [0.05, 0.1) is 5.69 Å². The van der Waals surface area contributed by atoms with Crippen molar-refractivity contribution in [2.45, 2.75) is 6.92 Å². The van der Waals surface area contributed by atoms with Gasteiger partial charge in [0, 0.05) is 20.3 Å². The second-order valence-corrected chi connectivity index (χ2v) is 3.82. The second kappa shape index (κ2) is 3.52. The van der Waals surface area contributed by atoms with Gasteiger partial charge < -0.3 is 14.4 Å². The Morgan fingerprint density at radius 3 is 2.75 bits per heavy atom. The number of carboxylic acid groups (broad SMARTS) is 1. The molecule has 0 aliphatic rings. The lowest BCUT2D eigenvalue weighted by molar-refractivity contribution is 0.0693. The number of carboxylic acids is 1. The van der Waals surface area contributed by atoms with E-state index < -0.39 is 5.97 Å². The van der Waals surface area contributed by atoms with Crippen LogP contribution in [0.1, 0.15) is 16.3 Å². The molecule has 0 bridgehead atoms. The number of nitrogens with zero attached hydrogens (tertiary/aromatic N) is 3. The van der Waals surface area contributed by atoms with Gasteiger partial charge in [-0.15, -0.1) is 0 Å². The maximum absolute atomic E-state index is 11.1. The van der Waals surface area contributed by atoms with Crippen molar-refractivity contribution in [3.63, 3.8) is 0 Å². The number of hydrogen-bond donors (Lipinski definition) is 1. The zero-order valence-electron chi connectivity index (χ0n) is 9.43. The van der Waals surface area contributed by atoms with Crippen LogP contribution < -0.4 is 4.90 Å². The van der Waals surface area contributed by atoms with Gasteiger partial charge in [-0.1, -0.05) is 0 Å². The molecule has 2 rings (SSSR count). The number of hydrogen-bond acceptors (Lipinski definition) is 3. The topological polar surface area (TPSA) is 57.8 Å². The normalized spacial score (nSPS) is 10.7. The minimum absolute atomic E-state index is 0.0989. The summed E-state index contributed by atoms with van der Waals surface area (Å²) in [7, 11) is 3.76. The second-order valence-electron chi connectivity index (χ2n) is 3.82. The summed E-state index contributed by atoms with van der Waals surface area (Å²) in [5, 5.41) is 9.11. The van der Waals surface area contributed by atoms with Crippen LogP contribution in [0.4, 0.5) is 5.69 Å². The molecule has 2 aromatic heterocycles. The van der Waals surface area contributed by atoms with Crippen LogP contribution in [0.3, 0.4) is 0 Å².